The highest BCUT2D eigenvalue weighted by atomic mass is 79.9. The minimum absolute atomic E-state index is 0.00148. The maximum Gasteiger partial charge on any atom is 0.269 e. The summed E-state index contributed by atoms with van der Waals surface area (Å²) in [4.78, 5) is 12.5. The lowest BCUT2D eigenvalue weighted by atomic mass is 10.1. The molecule has 0 radical (unpaired) electrons. The van der Waals surface area contributed by atoms with Gasteiger partial charge >= 0.3 is 0 Å². The van der Waals surface area contributed by atoms with Crippen LogP contribution in [0.2, 0.25) is 0 Å². The van der Waals surface area contributed by atoms with E-state index in [2.05, 4.69) is 42.3 Å². The zero-order valence-corrected chi connectivity index (χ0v) is 19.8. The average molecular weight is 543 g/mol. The van der Waals surface area contributed by atoms with Gasteiger partial charge in [-0.3, -0.25) is 4.79 Å². The number of oxime groups is 1. The van der Waals surface area contributed by atoms with Crippen molar-refractivity contribution in [2.45, 2.75) is 19.3 Å². The third-order valence-electron chi connectivity index (χ3n) is 4.28. The molecular weight excluding hydrogens is 518 g/mol. The molecule has 0 aliphatic rings. The van der Waals surface area contributed by atoms with Crippen molar-refractivity contribution >= 4 is 43.5 Å². The van der Waals surface area contributed by atoms with Gasteiger partial charge in [-0.1, -0.05) is 33.2 Å². The second-order valence-corrected chi connectivity index (χ2v) is 8.21. The van der Waals surface area contributed by atoms with Crippen LogP contribution in [0.25, 0.3) is 0 Å². The zero-order valence-electron chi connectivity index (χ0n) is 16.7. The standard InChI is InChI=1S/C21H25Br2N3O4/c1-29-17-5-3-14(4-6-17)7-9-25-21(27)19(26-28)12-15-11-16(22)13-18(23)20(15)30-10-2-8-24/h3-6,11,13,28H,2,7-10,12,24H2,1H3,(H,25,27)/b26-19+. The molecule has 30 heavy (non-hydrogen) atoms. The molecule has 2 rings (SSSR count). The minimum atomic E-state index is -0.435. The normalized spacial score (nSPS) is 11.3. The van der Waals surface area contributed by atoms with E-state index in [1.54, 1.807) is 7.11 Å². The van der Waals surface area contributed by atoms with Gasteiger partial charge in [0.1, 0.15) is 17.2 Å². The number of hydrogen-bond acceptors (Lipinski definition) is 6. The van der Waals surface area contributed by atoms with Crippen molar-refractivity contribution < 1.29 is 19.5 Å². The van der Waals surface area contributed by atoms with E-state index in [0.717, 1.165) is 20.3 Å². The van der Waals surface area contributed by atoms with Gasteiger partial charge in [-0.15, -0.1) is 0 Å². The fourth-order valence-corrected chi connectivity index (χ4v) is 4.15. The van der Waals surface area contributed by atoms with Gasteiger partial charge < -0.3 is 25.7 Å². The fraction of sp³-hybridized carbons (Fsp3) is 0.333. The molecule has 2 aromatic carbocycles. The SMILES string of the molecule is COc1ccc(CCNC(=O)/C(Cc2cc(Br)cc(Br)c2OCCCN)=N/O)cc1. The van der Waals surface area contributed by atoms with Crippen LogP contribution in [0, 0.1) is 0 Å². The highest BCUT2D eigenvalue weighted by Crippen LogP contribution is 2.33. The lowest BCUT2D eigenvalue weighted by Crippen LogP contribution is -2.33. The molecule has 0 aliphatic heterocycles. The molecule has 2 aromatic rings. The van der Waals surface area contributed by atoms with E-state index in [-0.39, 0.29) is 12.1 Å². The quantitative estimate of drug-likeness (QED) is 0.174. The van der Waals surface area contributed by atoms with Gasteiger partial charge in [0.2, 0.25) is 0 Å². The number of carbonyl (C=O) groups excluding carboxylic acids is 1. The molecule has 0 spiro atoms. The summed E-state index contributed by atoms with van der Waals surface area (Å²) in [6.07, 6.45) is 1.46. The second kappa shape index (κ2) is 12.6. The molecule has 0 atom stereocenters. The molecule has 162 valence electrons. The Bertz CT molecular complexity index is 873. The van der Waals surface area contributed by atoms with Crippen LogP contribution in [-0.2, 0) is 17.6 Å². The van der Waals surface area contributed by atoms with Crippen LogP contribution in [0.4, 0.5) is 0 Å². The number of hydrogen-bond donors (Lipinski definition) is 3. The lowest BCUT2D eigenvalue weighted by molar-refractivity contribution is -0.115. The molecule has 0 bridgehead atoms. The number of halogens is 2. The Balaban J connectivity index is 2.00. The number of nitrogens with two attached hydrogens (primary N) is 1. The van der Waals surface area contributed by atoms with Gasteiger partial charge in [0.25, 0.3) is 5.91 Å². The van der Waals surface area contributed by atoms with E-state index in [1.165, 1.54) is 0 Å². The molecule has 9 heteroatoms. The molecule has 1 amide bonds. The zero-order chi connectivity index (χ0) is 21.9. The average Bonchev–Trinajstić information content (AvgIpc) is 2.74. The summed E-state index contributed by atoms with van der Waals surface area (Å²) in [5, 5.41) is 15.4. The first-order valence-corrected chi connectivity index (χ1v) is 11.0. The van der Waals surface area contributed by atoms with Gasteiger partial charge in [-0.05, 0) is 65.1 Å². The molecule has 7 nitrogen and oxygen atoms in total. The predicted molar refractivity (Wildman–Crippen MR) is 124 cm³/mol. The van der Waals surface area contributed by atoms with Crippen molar-refractivity contribution in [3.8, 4) is 11.5 Å². The third-order valence-corrected chi connectivity index (χ3v) is 5.33. The highest BCUT2D eigenvalue weighted by molar-refractivity contribution is 9.11. The maximum atomic E-state index is 12.5. The van der Waals surface area contributed by atoms with Gasteiger partial charge in [-0.25, -0.2) is 0 Å². The fourth-order valence-electron chi connectivity index (χ4n) is 2.72. The molecule has 0 heterocycles. The topological polar surface area (TPSA) is 106 Å². The number of carbonyl (C=O) groups is 1. The first kappa shape index (κ1) is 24.2. The Morgan fingerprint density at radius 3 is 2.60 bits per heavy atom. The highest BCUT2D eigenvalue weighted by Gasteiger charge is 2.18. The molecule has 4 N–H and O–H groups in total. The summed E-state index contributed by atoms with van der Waals surface area (Å²) < 4.78 is 12.5. The number of methoxy groups -OCH3 is 1. The van der Waals surface area contributed by atoms with Crippen LogP contribution in [-0.4, -0.2) is 43.6 Å². The van der Waals surface area contributed by atoms with E-state index in [1.807, 2.05) is 36.4 Å². The summed E-state index contributed by atoms with van der Waals surface area (Å²) >= 11 is 6.92. The summed E-state index contributed by atoms with van der Waals surface area (Å²) in [7, 11) is 1.61. The molecule has 0 fully saturated rings. The van der Waals surface area contributed by atoms with Crippen molar-refractivity contribution in [2.75, 3.05) is 26.8 Å². The molecular formula is C21H25Br2N3O4. The van der Waals surface area contributed by atoms with E-state index in [4.69, 9.17) is 15.2 Å². The van der Waals surface area contributed by atoms with E-state index in [9.17, 15) is 10.0 Å². The van der Waals surface area contributed by atoms with E-state index < -0.39 is 5.91 Å². The Morgan fingerprint density at radius 1 is 1.23 bits per heavy atom. The largest absolute Gasteiger partial charge is 0.497 e. The number of nitrogens with zero attached hydrogens (tertiary/aromatic N) is 1. The van der Waals surface area contributed by atoms with Crippen LogP contribution in [0.1, 0.15) is 17.5 Å². The van der Waals surface area contributed by atoms with E-state index in [0.29, 0.717) is 43.9 Å². The summed E-state index contributed by atoms with van der Waals surface area (Å²) in [6, 6.07) is 11.3. The number of nitrogens with one attached hydrogen (secondary N) is 1. The van der Waals surface area contributed by atoms with Crippen molar-refractivity contribution in [1.82, 2.24) is 5.32 Å². The van der Waals surface area contributed by atoms with Crippen LogP contribution in [0.15, 0.2) is 50.5 Å². The lowest BCUT2D eigenvalue weighted by Gasteiger charge is -2.14. The summed E-state index contributed by atoms with van der Waals surface area (Å²) in [5.41, 5.74) is 7.30. The third kappa shape index (κ3) is 7.30. The molecule has 0 aliphatic carbocycles. The van der Waals surface area contributed by atoms with Crippen LogP contribution < -0.4 is 20.5 Å². The number of benzene rings is 2. The first-order chi connectivity index (χ1) is 14.5. The van der Waals surface area contributed by atoms with Gasteiger partial charge in [0.05, 0.1) is 18.2 Å². The predicted octanol–water partition coefficient (Wildman–Crippen LogP) is 3.68. The number of amides is 1. The first-order valence-electron chi connectivity index (χ1n) is 9.41. The summed E-state index contributed by atoms with van der Waals surface area (Å²) in [5.74, 6) is 0.941. The Kier molecular flexibility index (Phi) is 10.1. The van der Waals surface area contributed by atoms with Crippen LogP contribution >= 0.6 is 31.9 Å². The number of ether oxygens (including phenoxy) is 2. The molecule has 0 saturated carbocycles. The van der Waals surface area contributed by atoms with Crippen LogP contribution in [0.3, 0.4) is 0 Å². The Hall–Kier alpha value is -2.10. The van der Waals surface area contributed by atoms with E-state index >= 15 is 0 Å². The Morgan fingerprint density at radius 2 is 1.97 bits per heavy atom. The van der Waals surface area contributed by atoms with Gasteiger partial charge in [0, 0.05) is 23.0 Å². The molecule has 0 aromatic heterocycles. The smallest absolute Gasteiger partial charge is 0.269 e. The Labute approximate surface area is 192 Å². The minimum Gasteiger partial charge on any atom is -0.497 e. The second-order valence-electron chi connectivity index (χ2n) is 6.44. The van der Waals surface area contributed by atoms with Crippen molar-refractivity contribution in [1.29, 1.82) is 0 Å². The van der Waals surface area contributed by atoms with Gasteiger partial charge in [-0.2, -0.15) is 0 Å². The monoisotopic (exact) mass is 541 g/mol. The summed E-state index contributed by atoms with van der Waals surface area (Å²) in [6.45, 7) is 1.37. The number of rotatable bonds is 11. The van der Waals surface area contributed by atoms with Crippen molar-refractivity contribution in [2.24, 2.45) is 10.9 Å². The molecule has 0 unspecified atom stereocenters. The van der Waals surface area contributed by atoms with Crippen molar-refractivity contribution in [3.63, 3.8) is 0 Å². The van der Waals surface area contributed by atoms with Crippen molar-refractivity contribution in [3.05, 3.63) is 56.5 Å². The van der Waals surface area contributed by atoms with Gasteiger partial charge in [0.15, 0.2) is 0 Å². The molecule has 0 saturated heterocycles. The van der Waals surface area contributed by atoms with Crippen LogP contribution in [0.5, 0.6) is 11.5 Å². The maximum absolute atomic E-state index is 12.5.